The monoisotopic (exact) mass is 311 g/mol. The fourth-order valence-electron chi connectivity index (χ4n) is 2.19. The largest absolute Gasteiger partial charge is 0.326 e. The van der Waals surface area contributed by atoms with Crippen molar-refractivity contribution in [1.29, 1.82) is 0 Å². The SMILES string of the molecule is CCC(=O)Nc1ccc(NC(=O)[C@@H]2CCCCN2)cc1.Cl. The molecule has 1 aromatic carbocycles. The summed E-state index contributed by atoms with van der Waals surface area (Å²) in [7, 11) is 0. The number of carbonyl (C=O) groups is 2. The van der Waals surface area contributed by atoms with E-state index in [1.165, 1.54) is 0 Å². The van der Waals surface area contributed by atoms with Gasteiger partial charge in [-0.1, -0.05) is 13.3 Å². The summed E-state index contributed by atoms with van der Waals surface area (Å²) in [6, 6.07) is 7.08. The van der Waals surface area contributed by atoms with Crippen LogP contribution in [0.25, 0.3) is 0 Å². The highest BCUT2D eigenvalue weighted by Crippen LogP contribution is 2.15. The smallest absolute Gasteiger partial charge is 0.241 e. The minimum Gasteiger partial charge on any atom is -0.326 e. The maximum absolute atomic E-state index is 12.0. The fraction of sp³-hybridized carbons (Fsp3) is 0.467. The van der Waals surface area contributed by atoms with Gasteiger partial charge in [0, 0.05) is 17.8 Å². The van der Waals surface area contributed by atoms with E-state index < -0.39 is 0 Å². The van der Waals surface area contributed by atoms with E-state index in [2.05, 4.69) is 16.0 Å². The van der Waals surface area contributed by atoms with Gasteiger partial charge in [-0.25, -0.2) is 0 Å². The average Bonchev–Trinajstić information content (AvgIpc) is 2.50. The van der Waals surface area contributed by atoms with E-state index in [-0.39, 0.29) is 30.3 Å². The summed E-state index contributed by atoms with van der Waals surface area (Å²) in [4.78, 5) is 23.3. The van der Waals surface area contributed by atoms with Crippen molar-refractivity contribution in [2.75, 3.05) is 17.2 Å². The Morgan fingerprint density at radius 3 is 2.29 bits per heavy atom. The molecule has 1 saturated heterocycles. The Morgan fingerprint density at radius 2 is 1.76 bits per heavy atom. The molecule has 2 rings (SSSR count). The third-order valence-corrected chi connectivity index (χ3v) is 3.38. The molecule has 0 aromatic heterocycles. The van der Waals surface area contributed by atoms with Gasteiger partial charge in [0.2, 0.25) is 11.8 Å². The Morgan fingerprint density at radius 1 is 1.14 bits per heavy atom. The van der Waals surface area contributed by atoms with Crippen molar-refractivity contribution in [3.63, 3.8) is 0 Å². The molecular formula is C15H22ClN3O2. The van der Waals surface area contributed by atoms with Gasteiger partial charge in [0.15, 0.2) is 0 Å². The van der Waals surface area contributed by atoms with Gasteiger partial charge in [-0.3, -0.25) is 9.59 Å². The molecule has 1 heterocycles. The van der Waals surface area contributed by atoms with Crippen LogP contribution in [0.2, 0.25) is 0 Å². The van der Waals surface area contributed by atoms with E-state index in [0.717, 1.165) is 37.2 Å². The highest BCUT2D eigenvalue weighted by molar-refractivity contribution is 5.95. The third kappa shape index (κ3) is 5.36. The quantitative estimate of drug-likeness (QED) is 0.800. The topological polar surface area (TPSA) is 70.2 Å². The van der Waals surface area contributed by atoms with Crippen LogP contribution >= 0.6 is 12.4 Å². The van der Waals surface area contributed by atoms with Gasteiger partial charge in [0.1, 0.15) is 0 Å². The number of halogens is 1. The molecule has 2 amide bonds. The zero-order valence-corrected chi connectivity index (χ0v) is 13.0. The first-order chi connectivity index (χ1) is 9.69. The number of piperidine rings is 1. The number of rotatable bonds is 4. The molecule has 6 heteroatoms. The molecule has 1 atom stereocenters. The van der Waals surface area contributed by atoms with Crippen molar-refractivity contribution in [2.45, 2.75) is 38.6 Å². The summed E-state index contributed by atoms with van der Waals surface area (Å²) in [6.07, 6.45) is 3.56. The second-order valence-electron chi connectivity index (χ2n) is 4.97. The number of benzene rings is 1. The highest BCUT2D eigenvalue weighted by atomic mass is 35.5. The number of amides is 2. The van der Waals surface area contributed by atoms with Gasteiger partial charge >= 0.3 is 0 Å². The second kappa shape index (κ2) is 8.64. The Labute approximate surface area is 131 Å². The zero-order valence-electron chi connectivity index (χ0n) is 12.1. The lowest BCUT2D eigenvalue weighted by Crippen LogP contribution is -2.43. The zero-order chi connectivity index (χ0) is 14.4. The van der Waals surface area contributed by atoms with E-state index in [9.17, 15) is 9.59 Å². The molecule has 21 heavy (non-hydrogen) atoms. The average molecular weight is 312 g/mol. The van der Waals surface area contributed by atoms with E-state index in [4.69, 9.17) is 0 Å². The molecule has 0 spiro atoms. The summed E-state index contributed by atoms with van der Waals surface area (Å²) in [5.41, 5.74) is 1.49. The van der Waals surface area contributed by atoms with Crippen LogP contribution in [0, 0.1) is 0 Å². The Bertz CT molecular complexity index is 470. The second-order valence-corrected chi connectivity index (χ2v) is 4.97. The van der Waals surface area contributed by atoms with Crippen LogP contribution in [-0.4, -0.2) is 24.4 Å². The number of anilines is 2. The summed E-state index contributed by atoms with van der Waals surface area (Å²) < 4.78 is 0. The van der Waals surface area contributed by atoms with Crippen molar-refractivity contribution in [2.24, 2.45) is 0 Å². The van der Waals surface area contributed by atoms with Crippen LogP contribution in [0.4, 0.5) is 11.4 Å². The lowest BCUT2D eigenvalue weighted by atomic mass is 10.0. The van der Waals surface area contributed by atoms with Gasteiger partial charge < -0.3 is 16.0 Å². The number of hydrogen-bond donors (Lipinski definition) is 3. The van der Waals surface area contributed by atoms with Gasteiger partial charge in [-0.2, -0.15) is 0 Å². The summed E-state index contributed by atoms with van der Waals surface area (Å²) in [5, 5.41) is 8.88. The van der Waals surface area contributed by atoms with Crippen molar-refractivity contribution >= 4 is 35.6 Å². The molecule has 1 aromatic rings. The Hall–Kier alpha value is -1.59. The van der Waals surface area contributed by atoms with E-state index in [1.54, 1.807) is 31.2 Å². The van der Waals surface area contributed by atoms with E-state index in [0.29, 0.717) is 6.42 Å². The number of hydrogen-bond acceptors (Lipinski definition) is 3. The lowest BCUT2D eigenvalue weighted by molar-refractivity contribution is -0.118. The molecule has 0 saturated carbocycles. The molecule has 0 bridgehead atoms. The van der Waals surface area contributed by atoms with Crippen LogP contribution in [0.3, 0.4) is 0 Å². The van der Waals surface area contributed by atoms with Crippen molar-refractivity contribution in [1.82, 2.24) is 5.32 Å². The standard InChI is InChI=1S/C15H21N3O2.ClH/c1-2-14(19)17-11-6-8-12(9-7-11)18-15(20)13-5-3-4-10-16-13;/h6-9,13,16H,2-5,10H2,1H3,(H,17,19)(H,18,20);1H/t13-;/m0./s1. The summed E-state index contributed by atoms with van der Waals surface area (Å²) in [6.45, 7) is 2.71. The van der Waals surface area contributed by atoms with Crippen molar-refractivity contribution in [3.05, 3.63) is 24.3 Å². The van der Waals surface area contributed by atoms with Crippen molar-refractivity contribution < 1.29 is 9.59 Å². The molecule has 1 aliphatic rings. The number of carbonyl (C=O) groups excluding carboxylic acids is 2. The molecule has 3 N–H and O–H groups in total. The summed E-state index contributed by atoms with van der Waals surface area (Å²) >= 11 is 0. The van der Waals surface area contributed by atoms with Crippen LogP contribution < -0.4 is 16.0 Å². The molecule has 116 valence electrons. The minimum atomic E-state index is -0.0942. The first-order valence-corrected chi connectivity index (χ1v) is 7.13. The maximum Gasteiger partial charge on any atom is 0.241 e. The lowest BCUT2D eigenvalue weighted by Gasteiger charge is -2.22. The van der Waals surface area contributed by atoms with Gasteiger partial charge in [0.25, 0.3) is 0 Å². The van der Waals surface area contributed by atoms with Gasteiger partial charge in [-0.15, -0.1) is 12.4 Å². The normalized spacial score (nSPS) is 17.5. The predicted molar refractivity (Wildman–Crippen MR) is 86.9 cm³/mol. The number of nitrogens with one attached hydrogen (secondary N) is 3. The van der Waals surface area contributed by atoms with E-state index in [1.807, 2.05) is 0 Å². The molecule has 0 radical (unpaired) electrons. The molecular weight excluding hydrogens is 290 g/mol. The molecule has 5 nitrogen and oxygen atoms in total. The third-order valence-electron chi connectivity index (χ3n) is 3.38. The first-order valence-electron chi connectivity index (χ1n) is 7.13. The molecule has 1 fully saturated rings. The maximum atomic E-state index is 12.0. The molecule has 0 aliphatic carbocycles. The Kier molecular flexibility index (Phi) is 7.19. The molecule has 1 aliphatic heterocycles. The van der Waals surface area contributed by atoms with Gasteiger partial charge in [-0.05, 0) is 43.7 Å². The van der Waals surface area contributed by atoms with Crippen LogP contribution in [0.1, 0.15) is 32.6 Å². The predicted octanol–water partition coefficient (Wildman–Crippen LogP) is 2.54. The van der Waals surface area contributed by atoms with Gasteiger partial charge in [0.05, 0.1) is 6.04 Å². The molecule has 0 unspecified atom stereocenters. The van der Waals surface area contributed by atoms with E-state index >= 15 is 0 Å². The fourth-order valence-corrected chi connectivity index (χ4v) is 2.19. The Balaban J connectivity index is 0.00000220. The van der Waals surface area contributed by atoms with Crippen LogP contribution in [0.15, 0.2) is 24.3 Å². The van der Waals surface area contributed by atoms with Crippen LogP contribution in [-0.2, 0) is 9.59 Å². The summed E-state index contributed by atoms with van der Waals surface area (Å²) in [5.74, 6) is -0.0109. The highest BCUT2D eigenvalue weighted by Gasteiger charge is 2.20. The van der Waals surface area contributed by atoms with Crippen LogP contribution in [0.5, 0.6) is 0 Å². The minimum absolute atomic E-state index is 0. The first kappa shape index (κ1) is 17.5. The van der Waals surface area contributed by atoms with Crippen molar-refractivity contribution in [3.8, 4) is 0 Å².